The van der Waals surface area contributed by atoms with Crippen molar-refractivity contribution in [3.8, 4) is 24.0 Å². The Balaban J connectivity index is 2.46. The first-order valence-electron chi connectivity index (χ1n) is 9.26. The zero-order valence-electron chi connectivity index (χ0n) is 17.4. The minimum absolute atomic E-state index is 0.0538. The number of hydrogen-bond donors (Lipinski definition) is 3. The van der Waals surface area contributed by atoms with E-state index in [0.717, 1.165) is 0 Å². The summed E-state index contributed by atoms with van der Waals surface area (Å²) >= 11 is 0. The van der Waals surface area contributed by atoms with E-state index in [9.17, 15) is 9.59 Å². The zero-order valence-corrected chi connectivity index (χ0v) is 17.4. The van der Waals surface area contributed by atoms with E-state index in [1.165, 1.54) is 20.4 Å². The highest BCUT2D eigenvalue weighted by Gasteiger charge is 2.26. The molecule has 0 bridgehead atoms. The molecule has 0 saturated heterocycles. The van der Waals surface area contributed by atoms with Crippen molar-refractivity contribution in [1.29, 1.82) is 0 Å². The van der Waals surface area contributed by atoms with Gasteiger partial charge in [0.1, 0.15) is 17.1 Å². The van der Waals surface area contributed by atoms with Crippen LogP contribution in [0.5, 0.6) is 11.6 Å². The molecule has 10 heteroatoms. The predicted molar refractivity (Wildman–Crippen MR) is 117 cm³/mol. The summed E-state index contributed by atoms with van der Waals surface area (Å²) in [4.78, 5) is 33.2. The SMILES string of the molecule is C#Cc1c(Cc2cnc(N)nc2N)cc2c(c1OC)c(=O)c(C(N)=O)c(OC)n2CC. The third-order valence-electron chi connectivity index (χ3n) is 4.95. The Kier molecular flexibility index (Phi) is 5.70. The molecule has 0 saturated carbocycles. The fraction of sp³-hybridized carbons (Fsp3) is 0.238. The molecule has 0 atom stereocenters. The Morgan fingerprint density at radius 1 is 1.26 bits per heavy atom. The van der Waals surface area contributed by atoms with E-state index < -0.39 is 11.3 Å². The maximum atomic E-state index is 13.2. The summed E-state index contributed by atoms with van der Waals surface area (Å²) in [6.07, 6.45) is 7.54. The van der Waals surface area contributed by atoms with Crippen molar-refractivity contribution in [2.45, 2.75) is 19.9 Å². The van der Waals surface area contributed by atoms with Crippen LogP contribution in [0.15, 0.2) is 17.1 Å². The normalized spacial score (nSPS) is 10.6. The standard InChI is InChI=1S/C21H22N6O4/c1-5-12-10(7-11-9-25-21(24)26-18(11)22)8-13-14(17(12)30-3)16(28)15(19(23)29)20(31-4)27(13)6-2/h1,8-9H,6-7H2,2-4H3,(H2,23,29)(H4,22,24,25,26). The third kappa shape index (κ3) is 3.46. The fourth-order valence-electron chi connectivity index (χ4n) is 3.62. The van der Waals surface area contributed by atoms with Crippen LogP contribution in [0.25, 0.3) is 10.9 Å². The first kappa shape index (κ1) is 21.4. The molecule has 0 aliphatic carbocycles. The second-order valence-corrected chi connectivity index (χ2v) is 6.62. The summed E-state index contributed by atoms with van der Waals surface area (Å²) in [7, 11) is 2.75. The molecule has 10 nitrogen and oxygen atoms in total. The molecule has 31 heavy (non-hydrogen) atoms. The van der Waals surface area contributed by atoms with Gasteiger partial charge in [-0.3, -0.25) is 9.59 Å². The molecule has 0 aliphatic rings. The number of ether oxygens (including phenoxy) is 2. The summed E-state index contributed by atoms with van der Waals surface area (Å²) < 4.78 is 12.6. The smallest absolute Gasteiger partial charge is 0.258 e. The van der Waals surface area contributed by atoms with Crippen molar-refractivity contribution in [1.82, 2.24) is 14.5 Å². The van der Waals surface area contributed by atoms with E-state index in [1.807, 2.05) is 6.92 Å². The van der Waals surface area contributed by atoms with Crippen LogP contribution in [0.4, 0.5) is 11.8 Å². The molecule has 2 heterocycles. The Hall–Kier alpha value is -4.26. The lowest BCUT2D eigenvalue weighted by molar-refractivity contribution is 0.0995. The number of rotatable bonds is 6. The lowest BCUT2D eigenvalue weighted by atomic mass is 9.96. The molecular formula is C21H22N6O4. The van der Waals surface area contributed by atoms with Gasteiger partial charge in [-0.2, -0.15) is 4.98 Å². The molecule has 6 N–H and O–H groups in total. The summed E-state index contributed by atoms with van der Waals surface area (Å²) in [6.45, 7) is 2.22. The van der Waals surface area contributed by atoms with Gasteiger partial charge in [0.15, 0.2) is 0 Å². The van der Waals surface area contributed by atoms with Gasteiger partial charge in [0, 0.05) is 24.7 Å². The van der Waals surface area contributed by atoms with Gasteiger partial charge in [-0.1, -0.05) is 5.92 Å². The molecule has 0 spiro atoms. The number of methoxy groups -OCH3 is 2. The van der Waals surface area contributed by atoms with E-state index in [0.29, 0.717) is 28.8 Å². The molecule has 160 valence electrons. The van der Waals surface area contributed by atoms with Crippen LogP contribution in [0.2, 0.25) is 0 Å². The van der Waals surface area contributed by atoms with Crippen molar-refractivity contribution in [3.05, 3.63) is 44.7 Å². The number of nitrogen functional groups attached to an aromatic ring is 2. The summed E-state index contributed by atoms with van der Waals surface area (Å²) in [5.41, 5.74) is 18.2. The van der Waals surface area contributed by atoms with Gasteiger partial charge < -0.3 is 31.2 Å². The van der Waals surface area contributed by atoms with Gasteiger partial charge in [0.05, 0.1) is 30.7 Å². The molecule has 3 aromatic rings. The average molecular weight is 422 g/mol. The molecule has 0 unspecified atom stereocenters. The van der Waals surface area contributed by atoms with Crippen LogP contribution >= 0.6 is 0 Å². The fourth-order valence-corrected chi connectivity index (χ4v) is 3.62. The van der Waals surface area contributed by atoms with Crippen LogP contribution < -0.4 is 32.1 Å². The zero-order chi connectivity index (χ0) is 22.9. The number of benzene rings is 1. The van der Waals surface area contributed by atoms with Gasteiger partial charge in [-0.25, -0.2) is 4.98 Å². The highest BCUT2D eigenvalue weighted by atomic mass is 16.5. The second-order valence-electron chi connectivity index (χ2n) is 6.62. The van der Waals surface area contributed by atoms with E-state index >= 15 is 0 Å². The molecule has 0 radical (unpaired) electrons. The van der Waals surface area contributed by atoms with E-state index in [1.54, 1.807) is 10.6 Å². The first-order valence-corrected chi connectivity index (χ1v) is 9.26. The van der Waals surface area contributed by atoms with Crippen molar-refractivity contribution >= 4 is 28.6 Å². The predicted octanol–water partition coefficient (Wildman–Crippen LogP) is 0.664. The molecule has 1 aromatic carbocycles. The Bertz CT molecular complexity index is 1310. The van der Waals surface area contributed by atoms with Crippen LogP contribution in [0, 0.1) is 12.3 Å². The van der Waals surface area contributed by atoms with Crippen LogP contribution in [0.3, 0.4) is 0 Å². The quantitative estimate of drug-likeness (QED) is 0.488. The van der Waals surface area contributed by atoms with Crippen molar-refractivity contribution in [2.75, 3.05) is 25.7 Å². The number of carbonyl (C=O) groups is 1. The summed E-state index contributed by atoms with van der Waals surface area (Å²) in [5, 5.41) is 0.136. The van der Waals surface area contributed by atoms with Crippen molar-refractivity contribution in [2.24, 2.45) is 5.73 Å². The number of terminal acetylenes is 1. The van der Waals surface area contributed by atoms with Gasteiger partial charge in [0.25, 0.3) is 5.91 Å². The number of aromatic nitrogens is 3. The molecule has 1 amide bonds. The molecule has 2 aromatic heterocycles. The maximum absolute atomic E-state index is 13.2. The van der Waals surface area contributed by atoms with Gasteiger partial charge in [-0.15, -0.1) is 6.42 Å². The van der Waals surface area contributed by atoms with E-state index in [4.69, 9.17) is 33.1 Å². The van der Waals surface area contributed by atoms with Crippen molar-refractivity contribution < 1.29 is 14.3 Å². The number of nitrogens with zero attached hydrogens (tertiary/aromatic N) is 3. The Morgan fingerprint density at radius 3 is 2.48 bits per heavy atom. The summed E-state index contributed by atoms with van der Waals surface area (Å²) in [6, 6.07) is 1.74. The monoisotopic (exact) mass is 422 g/mol. The number of carbonyl (C=O) groups excluding carboxylic acids is 1. The first-order chi connectivity index (χ1) is 14.8. The van der Waals surface area contributed by atoms with Gasteiger partial charge in [0.2, 0.25) is 17.3 Å². The minimum atomic E-state index is -0.911. The van der Waals surface area contributed by atoms with E-state index in [-0.39, 0.29) is 40.8 Å². The topological polar surface area (TPSA) is 161 Å². The van der Waals surface area contributed by atoms with Gasteiger partial charge >= 0.3 is 0 Å². The maximum Gasteiger partial charge on any atom is 0.258 e. The number of primary amides is 1. The van der Waals surface area contributed by atoms with E-state index in [2.05, 4.69) is 15.9 Å². The number of aryl methyl sites for hydroxylation is 1. The Morgan fingerprint density at radius 2 is 1.97 bits per heavy atom. The second kappa shape index (κ2) is 8.23. The highest BCUT2D eigenvalue weighted by Crippen LogP contribution is 2.35. The highest BCUT2D eigenvalue weighted by molar-refractivity contribution is 6.01. The largest absolute Gasteiger partial charge is 0.495 e. The average Bonchev–Trinajstić information content (AvgIpc) is 2.73. The molecule has 0 aliphatic heterocycles. The number of fused-ring (bicyclic) bond motifs is 1. The lowest BCUT2D eigenvalue weighted by Crippen LogP contribution is -2.27. The molecular weight excluding hydrogens is 400 g/mol. The lowest BCUT2D eigenvalue weighted by Gasteiger charge is -2.20. The number of anilines is 2. The van der Waals surface area contributed by atoms with Crippen LogP contribution in [-0.2, 0) is 13.0 Å². The Labute approximate surface area is 178 Å². The van der Waals surface area contributed by atoms with Crippen LogP contribution in [-0.4, -0.2) is 34.7 Å². The molecule has 0 fully saturated rings. The molecule has 3 rings (SSSR count). The van der Waals surface area contributed by atoms with Crippen LogP contribution in [0.1, 0.15) is 34.0 Å². The number of nitrogens with two attached hydrogens (primary N) is 3. The number of hydrogen-bond acceptors (Lipinski definition) is 8. The minimum Gasteiger partial charge on any atom is -0.495 e. The number of pyridine rings is 1. The third-order valence-corrected chi connectivity index (χ3v) is 4.95. The summed E-state index contributed by atoms with van der Waals surface area (Å²) in [5.74, 6) is 2.14. The van der Waals surface area contributed by atoms with Crippen molar-refractivity contribution in [3.63, 3.8) is 0 Å². The number of amides is 1. The van der Waals surface area contributed by atoms with Gasteiger partial charge in [-0.05, 0) is 18.6 Å².